The molecule has 1 fully saturated rings. The van der Waals surface area contributed by atoms with Crippen LogP contribution in [0.2, 0.25) is 0 Å². The molecule has 0 radical (unpaired) electrons. The Balaban J connectivity index is 2.00. The number of hydrogen-bond acceptors (Lipinski definition) is 4. The molecule has 1 saturated heterocycles. The summed E-state index contributed by atoms with van der Waals surface area (Å²) in [6.07, 6.45) is 1.60. The van der Waals surface area contributed by atoms with Crippen LogP contribution in [0.25, 0.3) is 6.08 Å². The van der Waals surface area contributed by atoms with Gasteiger partial charge in [-0.2, -0.15) is 0 Å². The van der Waals surface area contributed by atoms with Gasteiger partial charge in [0, 0.05) is 19.2 Å². The van der Waals surface area contributed by atoms with Gasteiger partial charge in [0.25, 0.3) is 11.6 Å². The SMILES string of the molecule is CN1C(=S)N(c2ccccc2)C(=O)/C1=C\c1cccc([N+](=O)[O-])c1. The highest BCUT2D eigenvalue weighted by Gasteiger charge is 2.36. The number of carbonyl (C=O) groups is 1. The number of anilines is 1. The zero-order chi connectivity index (χ0) is 17.3. The first-order valence-corrected chi connectivity index (χ1v) is 7.53. The van der Waals surface area contributed by atoms with Crippen molar-refractivity contribution in [2.24, 2.45) is 0 Å². The largest absolute Gasteiger partial charge is 0.317 e. The summed E-state index contributed by atoms with van der Waals surface area (Å²) in [5.74, 6) is -0.264. The Bertz CT molecular complexity index is 864. The van der Waals surface area contributed by atoms with Gasteiger partial charge in [-0.3, -0.25) is 19.8 Å². The lowest BCUT2D eigenvalue weighted by Gasteiger charge is -2.16. The van der Waals surface area contributed by atoms with Gasteiger partial charge >= 0.3 is 0 Å². The van der Waals surface area contributed by atoms with E-state index in [0.29, 0.717) is 22.1 Å². The van der Waals surface area contributed by atoms with Gasteiger partial charge in [-0.25, -0.2) is 0 Å². The molecule has 6 nitrogen and oxygen atoms in total. The molecule has 0 saturated carbocycles. The van der Waals surface area contributed by atoms with Crippen molar-refractivity contribution >= 4 is 40.7 Å². The maximum absolute atomic E-state index is 12.7. The molecule has 1 heterocycles. The van der Waals surface area contributed by atoms with E-state index in [2.05, 4.69) is 0 Å². The van der Waals surface area contributed by atoms with E-state index in [9.17, 15) is 14.9 Å². The molecule has 0 N–H and O–H groups in total. The van der Waals surface area contributed by atoms with Crippen molar-refractivity contribution in [1.29, 1.82) is 0 Å². The lowest BCUT2D eigenvalue weighted by molar-refractivity contribution is -0.384. The molecule has 1 amide bonds. The Morgan fingerprint density at radius 3 is 2.50 bits per heavy atom. The first-order valence-electron chi connectivity index (χ1n) is 7.12. The molecule has 1 aliphatic rings. The number of benzene rings is 2. The number of thiocarbonyl (C=S) groups is 1. The monoisotopic (exact) mass is 339 g/mol. The van der Waals surface area contributed by atoms with Crippen LogP contribution in [0.5, 0.6) is 0 Å². The summed E-state index contributed by atoms with van der Waals surface area (Å²) in [6, 6.07) is 15.2. The highest BCUT2D eigenvalue weighted by molar-refractivity contribution is 7.80. The first kappa shape index (κ1) is 15.8. The summed E-state index contributed by atoms with van der Waals surface area (Å²) in [6.45, 7) is 0. The fourth-order valence-corrected chi connectivity index (χ4v) is 2.73. The number of nitrogens with zero attached hydrogens (tertiary/aromatic N) is 3. The second kappa shape index (κ2) is 6.21. The number of nitro benzene ring substituents is 1. The lowest BCUT2D eigenvalue weighted by Crippen LogP contribution is -2.30. The molecule has 7 heteroatoms. The summed E-state index contributed by atoms with van der Waals surface area (Å²) in [4.78, 5) is 26.2. The van der Waals surface area contributed by atoms with Crippen LogP contribution >= 0.6 is 12.2 Å². The number of para-hydroxylation sites is 1. The second-order valence-electron chi connectivity index (χ2n) is 5.20. The minimum Gasteiger partial charge on any atom is -0.317 e. The molecular formula is C17H13N3O3S. The van der Waals surface area contributed by atoms with Gasteiger partial charge < -0.3 is 4.90 Å². The second-order valence-corrected chi connectivity index (χ2v) is 5.56. The Labute approximate surface area is 143 Å². The molecule has 0 spiro atoms. The van der Waals surface area contributed by atoms with Crippen LogP contribution in [0.3, 0.4) is 0 Å². The predicted octanol–water partition coefficient (Wildman–Crippen LogP) is 3.20. The van der Waals surface area contributed by atoms with Crippen molar-refractivity contribution in [3.05, 3.63) is 76.0 Å². The number of carbonyl (C=O) groups excluding carboxylic acids is 1. The van der Waals surface area contributed by atoms with Gasteiger partial charge in [-0.05, 0) is 36.0 Å². The Hall–Kier alpha value is -3.06. The van der Waals surface area contributed by atoms with Gasteiger partial charge in [0.2, 0.25) is 0 Å². The van der Waals surface area contributed by atoms with Crippen LogP contribution in [-0.2, 0) is 4.79 Å². The quantitative estimate of drug-likeness (QED) is 0.372. The third-order valence-electron chi connectivity index (χ3n) is 3.66. The Morgan fingerprint density at radius 2 is 1.83 bits per heavy atom. The molecule has 2 aromatic carbocycles. The van der Waals surface area contributed by atoms with E-state index in [1.54, 1.807) is 42.3 Å². The number of hydrogen-bond donors (Lipinski definition) is 0. The Morgan fingerprint density at radius 1 is 1.12 bits per heavy atom. The summed E-state index contributed by atoms with van der Waals surface area (Å²) in [5, 5.41) is 11.3. The first-order chi connectivity index (χ1) is 11.5. The lowest BCUT2D eigenvalue weighted by atomic mass is 10.1. The third-order valence-corrected chi connectivity index (χ3v) is 4.12. The van der Waals surface area contributed by atoms with Crippen LogP contribution in [-0.4, -0.2) is 27.9 Å². The topological polar surface area (TPSA) is 66.7 Å². The average Bonchev–Trinajstić information content (AvgIpc) is 2.79. The standard InChI is InChI=1S/C17H13N3O3S/c1-18-15(11-12-6-5-9-14(10-12)20(22)23)16(21)19(17(18)24)13-7-3-2-4-8-13/h2-11H,1H3/b15-11+. The summed E-state index contributed by atoms with van der Waals surface area (Å²) < 4.78 is 0. The van der Waals surface area contributed by atoms with Crippen molar-refractivity contribution in [2.45, 2.75) is 0 Å². The smallest absolute Gasteiger partial charge is 0.281 e. The van der Waals surface area contributed by atoms with Crippen LogP contribution in [0, 0.1) is 10.1 Å². The van der Waals surface area contributed by atoms with E-state index < -0.39 is 4.92 Å². The van der Waals surface area contributed by atoms with Crippen molar-refractivity contribution in [3.8, 4) is 0 Å². The summed E-state index contributed by atoms with van der Waals surface area (Å²) in [7, 11) is 1.70. The van der Waals surface area contributed by atoms with Crippen molar-refractivity contribution < 1.29 is 9.72 Å². The van der Waals surface area contributed by atoms with Crippen LogP contribution < -0.4 is 4.90 Å². The molecular weight excluding hydrogens is 326 g/mol. The maximum Gasteiger partial charge on any atom is 0.281 e. The highest BCUT2D eigenvalue weighted by Crippen LogP contribution is 2.28. The summed E-state index contributed by atoms with van der Waals surface area (Å²) >= 11 is 5.36. The highest BCUT2D eigenvalue weighted by atomic mass is 32.1. The molecule has 1 aliphatic heterocycles. The zero-order valence-electron chi connectivity index (χ0n) is 12.7. The van der Waals surface area contributed by atoms with E-state index in [4.69, 9.17) is 12.2 Å². The average molecular weight is 339 g/mol. The van der Waals surface area contributed by atoms with E-state index >= 15 is 0 Å². The zero-order valence-corrected chi connectivity index (χ0v) is 13.6. The van der Waals surface area contributed by atoms with Crippen molar-refractivity contribution in [3.63, 3.8) is 0 Å². The molecule has 0 aliphatic carbocycles. The number of nitro groups is 1. The fraction of sp³-hybridized carbons (Fsp3) is 0.0588. The number of non-ortho nitro benzene ring substituents is 1. The molecule has 120 valence electrons. The van der Waals surface area contributed by atoms with E-state index in [1.165, 1.54) is 17.0 Å². The maximum atomic E-state index is 12.7. The Kier molecular flexibility index (Phi) is 4.09. The molecule has 24 heavy (non-hydrogen) atoms. The number of amides is 1. The van der Waals surface area contributed by atoms with Crippen molar-refractivity contribution in [1.82, 2.24) is 4.90 Å². The molecule has 3 rings (SSSR count). The van der Waals surface area contributed by atoms with Crippen LogP contribution in [0.1, 0.15) is 5.56 Å². The normalized spacial score (nSPS) is 16.1. The van der Waals surface area contributed by atoms with Gasteiger partial charge in [0.1, 0.15) is 5.70 Å². The molecule has 0 unspecified atom stereocenters. The predicted molar refractivity (Wildman–Crippen MR) is 95.4 cm³/mol. The van der Waals surface area contributed by atoms with E-state index in [0.717, 1.165) is 0 Å². The molecule has 0 atom stereocenters. The minimum absolute atomic E-state index is 0.0278. The van der Waals surface area contributed by atoms with Gasteiger partial charge in [-0.15, -0.1) is 0 Å². The van der Waals surface area contributed by atoms with Gasteiger partial charge in [-0.1, -0.05) is 30.3 Å². The number of likely N-dealkylation sites (N-methyl/N-ethyl adjacent to an activating group) is 1. The minimum atomic E-state index is -0.469. The van der Waals surface area contributed by atoms with Gasteiger partial charge in [0.15, 0.2) is 5.11 Å². The third kappa shape index (κ3) is 2.77. The van der Waals surface area contributed by atoms with Crippen LogP contribution in [0.4, 0.5) is 11.4 Å². The molecule has 2 aromatic rings. The summed E-state index contributed by atoms with van der Waals surface area (Å²) in [5.41, 5.74) is 1.59. The molecule has 0 bridgehead atoms. The van der Waals surface area contributed by atoms with Crippen LogP contribution in [0.15, 0.2) is 60.3 Å². The fourth-order valence-electron chi connectivity index (χ4n) is 2.45. The van der Waals surface area contributed by atoms with E-state index in [1.807, 2.05) is 18.2 Å². The van der Waals surface area contributed by atoms with Gasteiger partial charge in [0.05, 0.1) is 10.6 Å². The number of rotatable bonds is 3. The van der Waals surface area contributed by atoms with E-state index in [-0.39, 0.29) is 11.6 Å². The molecule has 0 aromatic heterocycles. The van der Waals surface area contributed by atoms with Crippen molar-refractivity contribution in [2.75, 3.05) is 11.9 Å².